The fourth-order valence-corrected chi connectivity index (χ4v) is 6.47. The second-order valence-corrected chi connectivity index (χ2v) is 10.6. The number of nitrogens with zero attached hydrogens (tertiary/aromatic N) is 3. The number of Topliss-reactive ketones (excluding diaryl/α,β-unsaturated/α-hetero) is 1. The van der Waals surface area contributed by atoms with Gasteiger partial charge in [0.25, 0.3) is 0 Å². The van der Waals surface area contributed by atoms with Crippen molar-refractivity contribution in [2.45, 2.75) is 50.7 Å². The number of nitrogens with two attached hydrogens (primary N) is 1. The van der Waals surface area contributed by atoms with Crippen LogP contribution in [0.4, 0.5) is 5.69 Å². The number of carbonyl (C=O) groups excluding carboxylic acids is 3. The average molecular weight is 469 g/mol. The molecule has 5 rings (SSSR count). The van der Waals surface area contributed by atoms with E-state index in [0.717, 1.165) is 63.1 Å². The monoisotopic (exact) mass is 468 g/mol. The Balaban J connectivity index is 1.54. The predicted molar refractivity (Wildman–Crippen MR) is 129 cm³/mol. The van der Waals surface area contributed by atoms with Crippen LogP contribution in [-0.2, 0) is 14.3 Å². The molecule has 1 saturated carbocycles. The first-order chi connectivity index (χ1) is 16.3. The average Bonchev–Trinajstić information content (AvgIpc) is 3.55. The van der Waals surface area contributed by atoms with Crippen LogP contribution in [0.5, 0.6) is 0 Å². The minimum Gasteiger partial charge on any atom is -0.369 e. The van der Waals surface area contributed by atoms with Gasteiger partial charge in [-0.15, -0.1) is 0 Å². The Bertz CT molecular complexity index is 968. The molecule has 3 saturated heterocycles. The van der Waals surface area contributed by atoms with Crippen LogP contribution in [0.25, 0.3) is 0 Å². The summed E-state index contributed by atoms with van der Waals surface area (Å²) in [5, 5.41) is 0. The smallest absolute Gasteiger partial charge is 0.249 e. The number of anilines is 1. The first-order valence-electron chi connectivity index (χ1n) is 12.7. The lowest BCUT2D eigenvalue weighted by Crippen LogP contribution is -2.46. The second-order valence-electron chi connectivity index (χ2n) is 10.6. The summed E-state index contributed by atoms with van der Waals surface area (Å²) in [5.41, 5.74) is 7.99. The topological polar surface area (TPSA) is 96.2 Å². The molecule has 34 heavy (non-hydrogen) atoms. The van der Waals surface area contributed by atoms with E-state index in [1.165, 1.54) is 0 Å². The van der Waals surface area contributed by atoms with E-state index in [-0.39, 0.29) is 36.2 Å². The van der Waals surface area contributed by atoms with Crippen molar-refractivity contribution in [2.24, 2.45) is 17.6 Å². The fourth-order valence-electron chi connectivity index (χ4n) is 6.47. The van der Waals surface area contributed by atoms with Crippen molar-refractivity contribution in [3.05, 3.63) is 29.3 Å². The van der Waals surface area contributed by atoms with Crippen molar-refractivity contribution in [1.29, 1.82) is 0 Å². The van der Waals surface area contributed by atoms with Crippen LogP contribution in [0.3, 0.4) is 0 Å². The van der Waals surface area contributed by atoms with Crippen LogP contribution < -0.4 is 10.6 Å². The lowest BCUT2D eigenvalue weighted by Gasteiger charge is -2.35. The van der Waals surface area contributed by atoms with E-state index in [1.54, 1.807) is 11.0 Å². The van der Waals surface area contributed by atoms with E-state index in [4.69, 9.17) is 10.5 Å². The zero-order valence-electron chi connectivity index (χ0n) is 20.2. The number of benzene rings is 1. The number of hydrogen-bond donors (Lipinski definition) is 1. The number of carbonyl (C=O) groups is 3. The van der Waals surface area contributed by atoms with Gasteiger partial charge in [-0.2, -0.15) is 0 Å². The third kappa shape index (κ3) is 4.11. The number of fused-ring (bicyclic) bond motifs is 1. The normalized spacial score (nSPS) is 29.0. The van der Waals surface area contributed by atoms with Gasteiger partial charge < -0.3 is 25.2 Å². The molecule has 0 spiro atoms. The van der Waals surface area contributed by atoms with Crippen molar-refractivity contribution in [1.82, 2.24) is 9.80 Å². The van der Waals surface area contributed by atoms with Crippen LogP contribution in [-0.4, -0.2) is 85.9 Å². The summed E-state index contributed by atoms with van der Waals surface area (Å²) < 4.78 is 5.73. The standard InChI is InChI=1S/C26H36N4O4/c1-16-14-30(23-21(31)15-34-24(16)23)26(33)22(17-5-3-4-6-17)20-13-18(7-8-19(20)25(27)32)29-11-9-28(2)10-12-29/h7-8,13,16-17,22-24H,3-6,9-12,14-15H2,1-2H3,(H2,27,32)/t16-,22-,23+,24+/m0/s1. The summed E-state index contributed by atoms with van der Waals surface area (Å²) in [6.45, 7) is 6.34. The molecule has 3 aliphatic heterocycles. The number of likely N-dealkylation sites (tertiary alicyclic amines) is 1. The van der Waals surface area contributed by atoms with E-state index < -0.39 is 17.9 Å². The number of rotatable bonds is 5. The Kier molecular flexibility index (Phi) is 6.37. The largest absolute Gasteiger partial charge is 0.369 e. The van der Waals surface area contributed by atoms with Crippen LogP contribution in [0, 0.1) is 11.8 Å². The van der Waals surface area contributed by atoms with Gasteiger partial charge in [-0.25, -0.2) is 0 Å². The van der Waals surface area contributed by atoms with Crippen molar-refractivity contribution in [3.63, 3.8) is 0 Å². The summed E-state index contributed by atoms with van der Waals surface area (Å²) in [6.07, 6.45) is 3.80. The van der Waals surface area contributed by atoms with E-state index in [0.29, 0.717) is 12.1 Å². The summed E-state index contributed by atoms with van der Waals surface area (Å²) >= 11 is 0. The summed E-state index contributed by atoms with van der Waals surface area (Å²) in [5.74, 6) is -0.810. The Labute approximate surface area is 201 Å². The first kappa shape index (κ1) is 23.3. The third-order valence-electron chi connectivity index (χ3n) is 8.36. The molecule has 0 radical (unpaired) electrons. The summed E-state index contributed by atoms with van der Waals surface area (Å²) in [4.78, 5) is 45.7. The lowest BCUT2D eigenvalue weighted by atomic mass is 9.80. The number of amides is 2. The first-order valence-corrected chi connectivity index (χ1v) is 12.7. The van der Waals surface area contributed by atoms with Gasteiger partial charge in [0.1, 0.15) is 12.6 Å². The molecule has 8 nitrogen and oxygen atoms in total. The van der Waals surface area contributed by atoms with Gasteiger partial charge in [0, 0.05) is 49.9 Å². The van der Waals surface area contributed by atoms with Crippen LogP contribution in [0.15, 0.2) is 18.2 Å². The molecule has 1 aromatic carbocycles. The second kappa shape index (κ2) is 9.30. The Morgan fingerprint density at radius 1 is 1.12 bits per heavy atom. The van der Waals surface area contributed by atoms with Crippen LogP contribution >= 0.6 is 0 Å². The van der Waals surface area contributed by atoms with Gasteiger partial charge in [-0.3, -0.25) is 14.4 Å². The number of ketones is 1. The van der Waals surface area contributed by atoms with Gasteiger partial charge >= 0.3 is 0 Å². The third-order valence-corrected chi connectivity index (χ3v) is 8.36. The minimum absolute atomic E-state index is 0.0193. The zero-order chi connectivity index (χ0) is 24.0. The molecule has 2 N–H and O–H groups in total. The number of ether oxygens (including phenoxy) is 1. The minimum atomic E-state index is -0.510. The van der Waals surface area contributed by atoms with Crippen molar-refractivity contribution < 1.29 is 19.1 Å². The van der Waals surface area contributed by atoms with Gasteiger partial charge in [0.2, 0.25) is 11.8 Å². The maximum Gasteiger partial charge on any atom is 0.249 e. The Morgan fingerprint density at radius 3 is 2.50 bits per heavy atom. The highest BCUT2D eigenvalue weighted by atomic mass is 16.5. The Hall–Kier alpha value is -2.45. The highest BCUT2D eigenvalue weighted by molar-refractivity contribution is 5.99. The summed E-state index contributed by atoms with van der Waals surface area (Å²) in [6, 6.07) is 5.26. The molecule has 3 heterocycles. The van der Waals surface area contributed by atoms with Crippen LogP contribution in [0.1, 0.15) is 54.4 Å². The van der Waals surface area contributed by atoms with E-state index >= 15 is 0 Å². The molecule has 184 valence electrons. The quantitative estimate of drug-likeness (QED) is 0.706. The molecule has 1 aromatic rings. The maximum absolute atomic E-state index is 14.2. The fraction of sp³-hybridized carbons (Fsp3) is 0.654. The molecule has 4 atom stereocenters. The molecule has 4 aliphatic rings. The molecule has 1 aliphatic carbocycles. The Morgan fingerprint density at radius 2 is 1.82 bits per heavy atom. The van der Waals surface area contributed by atoms with E-state index in [9.17, 15) is 14.4 Å². The van der Waals surface area contributed by atoms with E-state index in [2.05, 4.69) is 16.8 Å². The highest BCUT2D eigenvalue weighted by Gasteiger charge is 2.52. The SMILES string of the molecule is C[C@H]1CN(C(=O)[C@H](c2cc(N3CCN(C)CC3)ccc2C(N)=O)C2CCCC2)[C@@H]2C(=O)CO[C@@H]21. The molecule has 0 unspecified atom stereocenters. The highest BCUT2D eigenvalue weighted by Crippen LogP contribution is 2.43. The van der Waals surface area contributed by atoms with E-state index in [1.807, 2.05) is 19.1 Å². The lowest BCUT2D eigenvalue weighted by molar-refractivity contribution is -0.138. The van der Waals surface area contributed by atoms with Crippen LogP contribution in [0.2, 0.25) is 0 Å². The molecule has 4 fully saturated rings. The molecule has 0 aromatic heterocycles. The van der Waals surface area contributed by atoms with Gasteiger partial charge in [0.15, 0.2) is 5.78 Å². The molecule has 2 amide bonds. The molecule has 8 heteroatoms. The van der Waals surface area contributed by atoms with Crippen molar-refractivity contribution >= 4 is 23.3 Å². The van der Waals surface area contributed by atoms with Gasteiger partial charge in [0.05, 0.1) is 12.0 Å². The summed E-state index contributed by atoms with van der Waals surface area (Å²) in [7, 11) is 2.12. The van der Waals surface area contributed by atoms with Gasteiger partial charge in [-0.05, 0) is 49.6 Å². The van der Waals surface area contributed by atoms with Crippen molar-refractivity contribution in [2.75, 3.05) is 51.3 Å². The molecular formula is C26H36N4O4. The zero-order valence-corrected chi connectivity index (χ0v) is 20.2. The van der Waals surface area contributed by atoms with Gasteiger partial charge in [-0.1, -0.05) is 19.8 Å². The maximum atomic E-state index is 14.2. The molecular weight excluding hydrogens is 432 g/mol. The molecule has 0 bridgehead atoms. The van der Waals surface area contributed by atoms with Crippen molar-refractivity contribution in [3.8, 4) is 0 Å². The number of primary amides is 1. The number of likely N-dealkylation sites (N-methyl/N-ethyl adjacent to an activating group) is 1. The number of hydrogen-bond acceptors (Lipinski definition) is 6. The number of piperazine rings is 1. The predicted octanol–water partition coefficient (Wildman–Crippen LogP) is 1.63.